The third-order valence-electron chi connectivity index (χ3n) is 2.99. The molecule has 0 fully saturated rings. The summed E-state index contributed by atoms with van der Waals surface area (Å²) in [6.45, 7) is 9.85. The Balaban J connectivity index is 2.62. The summed E-state index contributed by atoms with van der Waals surface area (Å²) in [6.07, 6.45) is 4.09. The van der Waals surface area contributed by atoms with Crippen molar-refractivity contribution in [3.8, 4) is 0 Å². The number of aryl methyl sites for hydroxylation is 1. The highest BCUT2D eigenvalue weighted by molar-refractivity contribution is 5.14. The lowest BCUT2D eigenvalue weighted by Gasteiger charge is -2.21. The largest absolute Gasteiger partial charge is 0.314 e. The van der Waals surface area contributed by atoms with Gasteiger partial charge in [0.05, 0.1) is 0 Å². The van der Waals surface area contributed by atoms with Crippen LogP contribution >= 0.6 is 0 Å². The predicted molar refractivity (Wildman–Crippen MR) is 69.6 cm³/mol. The van der Waals surface area contributed by atoms with Crippen molar-refractivity contribution in [1.29, 1.82) is 0 Å². The van der Waals surface area contributed by atoms with Crippen molar-refractivity contribution in [3.05, 3.63) is 29.6 Å². The number of rotatable bonds is 6. The first-order valence-corrected chi connectivity index (χ1v) is 6.34. The monoisotopic (exact) mass is 220 g/mol. The van der Waals surface area contributed by atoms with Gasteiger partial charge >= 0.3 is 0 Å². The molecule has 0 aliphatic heterocycles. The van der Waals surface area contributed by atoms with E-state index in [4.69, 9.17) is 0 Å². The van der Waals surface area contributed by atoms with Gasteiger partial charge in [-0.15, -0.1) is 0 Å². The van der Waals surface area contributed by atoms with Crippen LogP contribution in [0.25, 0.3) is 0 Å². The summed E-state index contributed by atoms with van der Waals surface area (Å²) in [6, 6.07) is 4.88. The van der Waals surface area contributed by atoms with E-state index in [2.05, 4.69) is 50.1 Å². The third-order valence-corrected chi connectivity index (χ3v) is 2.99. The maximum absolute atomic E-state index is 4.51. The molecule has 1 N–H and O–H groups in total. The van der Waals surface area contributed by atoms with Crippen molar-refractivity contribution in [2.24, 2.45) is 5.92 Å². The fourth-order valence-electron chi connectivity index (χ4n) is 1.82. The summed E-state index contributed by atoms with van der Waals surface area (Å²) in [7, 11) is 0. The number of likely N-dealkylation sites (N-methyl/N-ethyl adjacent to an activating group) is 1. The normalized spacial score (nSPS) is 13.1. The van der Waals surface area contributed by atoms with Crippen LogP contribution in [-0.4, -0.2) is 17.6 Å². The molecule has 2 heteroatoms. The number of aromatic nitrogens is 1. The zero-order valence-corrected chi connectivity index (χ0v) is 11.0. The maximum atomic E-state index is 4.51. The number of hydrogen-bond acceptors (Lipinski definition) is 2. The summed E-state index contributed by atoms with van der Waals surface area (Å²) < 4.78 is 0. The number of nitrogens with zero attached hydrogens (tertiary/aromatic N) is 1. The van der Waals surface area contributed by atoms with Crippen LogP contribution in [0.5, 0.6) is 0 Å². The molecule has 1 heterocycles. The Morgan fingerprint density at radius 3 is 2.44 bits per heavy atom. The molecule has 2 nitrogen and oxygen atoms in total. The van der Waals surface area contributed by atoms with E-state index in [0.717, 1.165) is 19.4 Å². The second-order valence-corrected chi connectivity index (χ2v) is 4.62. The number of hydrogen-bond donors (Lipinski definition) is 1. The van der Waals surface area contributed by atoms with Gasteiger partial charge in [-0.1, -0.05) is 33.8 Å². The van der Waals surface area contributed by atoms with Crippen LogP contribution in [0.1, 0.15) is 39.0 Å². The van der Waals surface area contributed by atoms with Crippen molar-refractivity contribution < 1.29 is 0 Å². The second kappa shape index (κ2) is 6.64. The molecule has 1 atom stereocenters. The average Bonchev–Trinajstić information content (AvgIpc) is 2.29. The quantitative estimate of drug-likeness (QED) is 0.797. The van der Waals surface area contributed by atoms with Crippen molar-refractivity contribution in [3.63, 3.8) is 0 Å². The minimum atomic E-state index is 0.532. The Labute approximate surface area is 99.5 Å². The van der Waals surface area contributed by atoms with Gasteiger partial charge in [-0.25, -0.2) is 0 Å². The molecule has 0 aliphatic rings. The van der Waals surface area contributed by atoms with Crippen molar-refractivity contribution in [2.75, 3.05) is 6.54 Å². The van der Waals surface area contributed by atoms with Crippen molar-refractivity contribution >= 4 is 0 Å². The Bertz CT molecular complexity index is 290. The van der Waals surface area contributed by atoms with Gasteiger partial charge in [0.2, 0.25) is 0 Å². The molecule has 1 aromatic rings. The lowest BCUT2D eigenvalue weighted by Crippen LogP contribution is -2.35. The Morgan fingerprint density at radius 1 is 1.25 bits per heavy atom. The van der Waals surface area contributed by atoms with Crippen molar-refractivity contribution in [2.45, 2.75) is 46.6 Å². The van der Waals surface area contributed by atoms with Gasteiger partial charge in [0.15, 0.2) is 0 Å². The topological polar surface area (TPSA) is 24.9 Å². The first kappa shape index (κ1) is 13.2. The van der Waals surface area contributed by atoms with Gasteiger partial charge in [0.25, 0.3) is 0 Å². The Kier molecular flexibility index (Phi) is 5.47. The Hall–Kier alpha value is -0.890. The van der Waals surface area contributed by atoms with Gasteiger partial charge in [-0.3, -0.25) is 4.98 Å². The minimum absolute atomic E-state index is 0.532. The molecule has 16 heavy (non-hydrogen) atoms. The summed E-state index contributed by atoms with van der Waals surface area (Å²) >= 11 is 0. The van der Waals surface area contributed by atoms with E-state index in [-0.39, 0.29) is 0 Å². The molecule has 0 amide bonds. The molecule has 1 rings (SSSR count). The van der Waals surface area contributed by atoms with Crippen LogP contribution in [-0.2, 0) is 12.8 Å². The van der Waals surface area contributed by atoms with E-state index in [1.54, 1.807) is 0 Å². The van der Waals surface area contributed by atoms with Crippen LogP contribution in [0, 0.1) is 5.92 Å². The highest BCUT2D eigenvalue weighted by Crippen LogP contribution is 2.09. The van der Waals surface area contributed by atoms with Gasteiger partial charge in [0, 0.05) is 24.4 Å². The zero-order valence-electron chi connectivity index (χ0n) is 11.0. The van der Waals surface area contributed by atoms with Crippen LogP contribution in [0.4, 0.5) is 0 Å². The van der Waals surface area contributed by atoms with Gasteiger partial charge in [-0.2, -0.15) is 0 Å². The molecule has 1 unspecified atom stereocenters. The molecule has 90 valence electrons. The molecule has 1 aromatic heterocycles. The fraction of sp³-hybridized carbons (Fsp3) is 0.643. The first-order valence-electron chi connectivity index (χ1n) is 6.34. The molecule has 0 saturated heterocycles. The van der Waals surface area contributed by atoms with Crippen LogP contribution in [0.3, 0.4) is 0 Å². The molecular weight excluding hydrogens is 196 g/mol. The molecule has 0 spiro atoms. The van der Waals surface area contributed by atoms with E-state index >= 15 is 0 Å². The van der Waals surface area contributed by atoms with E-state index in [1.807, 2.05) is 6.20 Å². The fourth-order valence-corrected chi connectivity index (χ4v) is 1.82. The maximum Gasteiger partial charge on any atom is 0.0419 e. The summed E-state index contributed by atoms with van der Waals surface area (Å²) in [5.41, 5.74) is 2.50. The highest BCUT2D eigenvalue weighted by Gasteiger charge is 2.12. The number of pyridine rings is 1. The van der Waals surface area contributed by atoms with Crippen LogP contribution in [0.15, 0.2) is 18.3 Å². The molecule has 0 aromatic carbocycles. The van der Waals surface area contributed by atoms with Crippen LogP contribution < -0.4 is 5.32 Å². The lowest BCUT2D eigenvalue weighted by atomic mass is 9.98. The highest BCUT2D eigenvalue weighted by atomic mass is 14.9. The second-order valence-electron chi connectivity index (χ2n) is 4.62. The first-order chi connectivity index (χ1) is 7.67. The predicted octanol–water partition coefficient (Wildman–Crippen LogP) is 2.82. The average molecular weight is 220 g/mol. The standard InChI is InChI=1S/C14H24N2/c1-5-12-7-8-13(16-10-12)9-14(11(3)4)15-6-2/h7-8,10-11,14-15H,5-6,9H2,1-4H3. The number of nitrogens with one attached hydrogen (secondary N) is 1. The zero-order chi connectivity index (χ0) is 12.0. The van der Waals surface area contributed by atoms with E-state index in [1.165, 1.54) is 11.3 Å². The third kappa shape index (κ3) is 3.93. The molecular formula is C14H24N2. The van der Waals surface area contributed by atoms with E-state index in [0.29, 0.717) is 12.0 Å². The molecule has 0 saturated carbocycles. The van der Waals surface area contributed by atoms with Gasteiger partial charge in [0.1, 0.15) is 0 Å². The minimum Gasteiger partial charge on any atom is -0.314 e. The lowest BCUT2D eigenvalue weighted by molar-refractivity contribution is 0.402. The summed E-state index contributed by atoms with van der Waals surface area (Å²) in [5.74, 6) is 0.646. The smallest absolute Gasteiger partial charge is 0.0419 e. The molecule has 0 radical (unpaired) electrons. The van der Waals surface area contributed by atoms with Crippen molar-refractivity contribution in [1.82, 2.24) is 10.3 Å². The van der Waals surface area contributed by atoms with E-state index in [9.17, 15) is 0 Å². The summed E-state index contributed by atoms with van der Waals surface area (Å²) in [4.78, 5) is 4.51. The van der Waals surface area contributed by atoms with Gasteiger partial charge in [-0.05, 0) is 30.5 Å². The van der Waals surface area contributed by atoms with Crippen LogP contribution in [0.2, 0.25) is 0 Å². The Morgan fingerprint density at radius 2 is 2.00 bits per heavy atom. The van der Waals surface area contributed by atoms with E-state index < -0.39 is 0 Å². The summed E-state index contributed by atoms with van der Waals surface area (Å²) in [5, 5.41) is 3.52. The SMILES string of the molecule is CCNC(Cc1ccc(CC)cn1)C(C)C. The molecule has 0 bridgehead atoms. The van der Waals surface area contributed by atoms with Gasteiger partial charge < -0.3 is 5.32 Å². The molecule has 0 aliphatic carbocycles.